The van der Waals surface area contributed by atoms with Gasteiger partial charge in [0.2, 0.25) is 11.9 Å². The van der Waals surface area contributed by atoms with Crippen molar-refractivity contribution >= 4 is 35.0 Å². The minimum absolute atomic E-state index is 0.0460. The molecule has 0 aliphatic heterocycles. The number of H-pyrrole nitrogens is 1. The molecule has 1 aliphatic carbocycles. The number of carbonyl (C=O) groups is 3. The van der Waals surface area contributed by atoms with E-state index in [9.17, 15) is 19.2 Å². The minimum Gasteiger partial charge on any atom is -0.481 e. The van der Waals surface area contributed by atoms with Gasteiger partial charge in [-0.2, -0.15) is 4.98 Å². The number of amides is 1. The second-order valence-corrected chi connectivity index (χ2v) is 7.03. The maximum Gasteiger partial charge on any atom is 0.326 e. The first-order valence-electron chi connectivity index (χ1n) is 9.61. The molecule has 0 saturated carbocycles. The third-order valence-corrected chi connectivity index (χ3v) is 4.66. The van der Waals surface area contributed by atoms with Crippen molar-refractivity contribution in [3.8, 4) is 0 Å². The van der Waals surface area contributed by atoms with E-state index in [1.54, 1.807) is 18.2 Å². The van der Waals surface area contributed by atoms with E-state index < -0.39 is 35.4 Å². The zero-order valence-electron chi connectivity index (χ0n) is 16.7. The van der Waals surface area contributed by atoms with E-state index in [0.29, 0.717) is 17.8 Å². The number of nitrogen functional groups attached to an aromatic ring is 1. The molecular weight excluding hydrogens is 422 g/mol. The van der Waals surface area contributed by atoms with Crippen molar-refractivity contribution in [3.63, 3.8) is 0 Å². The lowest BCUT2D eigenvalue weighted by Gasteiger charge is -2.20. The number of fused-ring (bicyclic) bond motifs is 1. The van der Waals surface area contributed by atoms with Crippen LogP contribution in [0, 0.1) is 5.92 Å². The first-order chi connectivity index (χ1) is 15.2. The number of hydrogen-bond acceptors (Lipinski definition) is 9. The van der Waals surface area contributed by atoms with Crippen molar-refractivity contribution in [3.05, 3.63) is 46.2 Å². The molecule has 0 bridgehead atoms. The number of hydrogen-bond donors (Lipinski definition) is 6. The number of carbonyl (C=O) groups excluding carboxylic acids is 1. The molecule has 32 heavy (non-hydrogen) atoms. The zero-order chi connectivity index (χ0) is 23.3. The van der Waals surface area contributed by atoms with Gasteiger partial charge in [0.1, 0.15) is 6.04 Å². The van der Waals surface area contributed by atoms with E-state index in [1.165, 1.54) is 6.20 Å². The summed E-state index contributed by atoms with van der Waals surface area (Å²) in [6.07, 6.45) is 6.28. The molecule has 1 unspecified atom stereocenters. The van der Waals surface area contributed by atoms with E-state index in [1.807, 2.05) is 0 Å². The molecule has 0 aromatic carbocycles. The van der Waals surface area contributed by atoms with Gasteiger partial charge in [-0.1, -0.05) is 12.2 Å². The van der Waals surface area contributed by atoms with Gasteiger partial charge in [0.05, 0.1) is 24.4 Å². The lowest BCUT2D eigenvalue weighted by atomic mass is 9.97. The number of nitrogens with two attached hydrogens (primary N) is 1. The van der Waals surface area contributed by atoms with Crippen molar-refractivity contribution in [1.29, 1.82) is 0 Å². The standard InChI is InChI=1S/C19H21N7O6/c20-19-25-15-14(17(30)26-19)23-11(8-22-15)7-21-10-3-1-9(2-4-10)16(29)24-12(18(31)32)5-6-13(27)28/h1,3-4,8-9,12,21H,2,5-7H2,(H,24,29)(H,27,28)(H,31,32)(H3,20,22,25,26,30)/t9?,12-/m0/s1. The third kappa shape index (κ3) is 5.65. The van der Waals surface area contributed by atoms with Crippen LogP contribution in [0.25, 0.3) is 11.2 Å². The molecule has 0 fully saturated rings. The normalized spacial score (nSPS) is 16.2. The van der Waals surface area contributed by atoms with Crippen LogP contribution < -0.4 is 21.9 Å². The SMILES string of the molecule is Nc1nc2ncc(CNC3=CCC(C(=O)N[C@@H](CCC(=O)O)C(=O)O)C=C3)nc2c(=O)[nH]1. The Balaban J connectivity index is 1.55. The van der Waals surface area contributed by atoms with Crippen LogP contribution in [0.2, 0.25) is 0 Å². The van der Waals surface area contributed by atoms with E-state index in [2.05, 4.69) is 30.6 Å². The highest BCUT2D eigenvalue weighted by Crippen LogP contribution is 2.16. The van der Waals surface area contributed by atoms with Crippen molar-refractivity contribution in [2.45, 2.75) is 31.8 Å². The van der Waals surface area contributed by atoms with E-state index in [0.717, 1.165) is 0 Å². The molecule has 13 nitrogen and oxygen atoms in total. The zero-order valence-corrected chi connectivity index (χ0v) is 16.7. The second-order valence-electron chi connectivity index (χ2n) is 7.03. The van der Waals surface area contributed by atoms with Gasteiger partial charge < -0.3 is 26.6 Å². The van der Waals surface area contributed by atoms with Gasteiger partial charge in [0.25, 0.3) is 5.56 Å². The molecule has 13 heteroatoms. The number of carboxylic acid groups (broad SMARTS) is 2. The Morgan fingerprint density at radius 2 is 2.06 bits per heavy atom. The summed E-state index contributed by atoms with van der Waals surface area (Å²) in [6, 6.07) is -1.27. The Morgan fingerprint density at radius 1 is 1.28 bits per heavy atom. The van der Waals surface area contributed by atoms with Crippen LogP contribution in [0.3, 0.4) is 0 Å². The summed E-state index contributed by atoms with van der Waals surface area (Å²) in [5.74, 6) is -3.55. The number of allylic oxidation sites excluding steroid dienone is 2. The Kier molecular flexibility index (Phi) is 6.77. The van der Waals surface area contributed by atoms with Gasteiger partial charge >= 0.3 is 11.9 Å². The highest BCUT2D eigenvalue weighted by atomic mass is 16.4. The van der Waals surface area contributed by atoms with Crippen LogP contribution in [0.15, 0.2) is 34.9 Å². The largest absolute Gasteiger partial charge is 0.481 e. The molecule has 1 aliphatic rings. The van der Waals surface area contributed by atoms with Crippen molar-refractivity contribution in [1.82, 2.24) is 30.6 Å². The number of aromatic amines is 1. The molecule has 2 aromatic rings. The smallest absolute Gasteiger partial charge is 0.326 e. The van der Waals surface area contributed by atoms with Crippen molar-refractivity contribution in [2.24, 2.45) is 5.92 Å². The number of aliphatic carboxylic acids is 2. The Morgan fingerprint density at radius 3 is 2.72 bits per heavy atom. The summed E-state index contributed by atoms with van der Waals surface area (Å²) in [5, 5.41) is 23.3. The van der Waals surface area contributed by atoms with Gasteiger partial charge in [-0.15, -0.1) is 0 Å². The quantitative estimate of drug-likeness (QED) is 0.284. The molecule has 3 rings (SSSR count). The van der Waals surface area contributed by atoms with Gasteiger partial charge in [0.15, 0.2) is 11.2 Å². The number of anilines is 1. The van der Waals surface area contributed by atoms with Crippen molar-refractivity contribution < 1.29 is 24.6 Å². The third-order valence-electron chi connectivity index (χ3n) is 4.66. The topological polar surface area (TPSA) is 213 Å². The molecule has 0 radical (unpaired) electrons. The number of nitrogens with one attached hydrogen (secondary N) is 3. The van der Waals surface area contributed by atoms with Gasteiger partial charge in [-0.25, -0.2) is 14.8 Å². The highest BCUT2D eigenvalue weighted by Gasteiger charge is 2.25. The Labute approximate surface area is 180 Å². The minimum atomic E-state index is -1.29. The lowest BCUT2D eigenvalue weighted by molar-refractivity contribution is -0.143. The Bertz CT molecular complexity index is 1170. The molecule has 7 N–H and O–H groups in total. The van der Waals surface area contributed by atoms with Gasteiger partial charge in [-0.3, -0.25) is 19.4 Å². The van der Waals surface area contributed by atoms with Crippen molar-refractivity contribution in [2.75, 3.05) is 5.73 Å². The Hall–Kier alpha value is -4.29. The molecule has 168 valence electrons. The summed E-state index contributed by atoms with van der Waals surface area (Å²) in [5.41, 5.74) is 6.40. The van der Waals surface area contributed by atoms with Crippen LogP contribution in [0.4, 0.5) is 5.95 Å². The predicted octanol–water partition coefficient (Wildman–Crippen LogP) is -0.721. The van der Waals surface area contributed by atoms with Crippen LogP contribution >= 0.6 is 0 Å². The number of nitrogens with zero attached hydrogens (tertiary/aromatic N) is 3. The average Bonchev–Trinajstić information content (AvgIpc) is 2.75. The molecule has 0 saturated heterocycles. The number of rotatable bonds is 9. The fourth-order valence-corrected chi connectivity index (χ4v) is 3.00. The summed E-state index contributed by atoms with van der Waals surface area (Å²) >= 11 is 0. The van der Waals surface area contributed by atoms with Crippen LogP contribution in [0.1, 0.15) is 25.0 Å². The fourth-order valence-electron chi connectivity index (χ4n) is 3.00. The average molecular weight is 443 g/mol. The number of carboxylic acids is 2. The predicted molar refractivity (Wildman–Crippen MR) is 111 cm³/mol. The molecule has 2 aromatic heterocycles. The second kappa shape index (κ2) is 9.68. The van der Waals surface area contributed by atoms with E-state index in [-0.39, 0.29) is 36.5 Å². The summed E-state index contributed by atoms with van der Waals surface area (Å²) in [6.45, 7) is 0.260. The lowest BCUT2D eigenvalue weighted by Crippen LogP contribution is -2.43. The highest BCUT2D eigenvalue weighted by molar-refractivity contribution is 5.86. The molecular formula is C19H21N7O6. The summed E-state index contributed by atoms with van der Waals surface area (Å²) < 4.78 is 0. The first kappa shape index (κ1) is 22.4. The summed E-state index contributed by atoms with van der Waals surface area (Å²) in [7, 11) is 0. The monoisotopic (exact) mass is 443 g/mol. The van der Waals surface area contributed by atoms with Crippen LogP contribution in [0.5, 0.6) is 0 Å². The van der Waals surface area contributed by atoms with E-state index >= 15 is 0 Å². The molecule has 2 heterocycles. The fraction of sp³-hybridized carbons (Fsp3) is 0.316. The van der Waals surface area contributed by atoms with Crippen LogP contribution in [-0.4, -0.2) is 54.0 Å². The molecule has 0 spiro atoms. The maximum atomic E-state index is 12.3. The first-order valence-corrected chi connectivity index (χ1v) is 9.61. The maximum absolute atomic E-state index is 12.3. The summed E-state index contributed by atoms with van der Waals surface area (Å²) in [4.78, 5) is 60.7. The van der Waals surface area contributed by atoms with Crippen LogP contribution in [-0.2, 0) is 20.9 Å². The molecule has 1 amide bonds. The molecule has 2 atom stereocenters. The van der Waals surface area contributed by atoms with E-state index in [4.69, 9.17) is 15.9 Å². The van der Waals surface area contributed by atoms with Gasteiger partial charge in [-0.05, 0) is 18.9 Å². The van der Waals surface area contributed by atoms with Gasteiger partial charge in [0, 0.05) is 12.1 Å². The number of aromatic nitrogens is 4.